The third kappa shape index (κ3) is 4.38. The van der Waals surface area contributed by atoms with Gasteiger partial charge in [-0.15, -0.1) is 0 Å². The Morgan fingerprint density at radius 3 is 1.25 bits per heavy atom. The normalized spacial score (nSPS) is 11.9. The topological polar surface area (TPSA) is 52.6 Å². The van der Waals surface area contributed by atoms with Crippen molar-refractivity contribution in [3.05, 3.63) is 70.3 Å². The number of alkyl halides is 6. The molecule has 0 fully saturated rings. The van der Waals surface area contributed by atoms with Crippen LogP contribution in [0.2, 0.25) is 0 Å². The van der Waals surface area contributed by atoms with Crippen molar-refractivity contribution in [1.82, 2.24) is 0 Å². The molecule has 0 saturated carbocycles. The van der Waals surface area contributed by atoms with E-state index in [0.29, 0.717) is 36.4 Å². The van der Waals surface area contributed by atoms with Gasteiger partial charge in [0.2, 0.25) is 0 Å². The summed E-state index contributed by atoms with van der Waals surface area (Å²) in [6.07, 6.45) is -10.3. The summed E-state index contributed by atoms with van der Waals surface area (Å²) in [5.41, 5.74) is -6.16. The first kappa shape index (κ1) is 21.1. The van der Waals surface area contributed by atoms with E-state index in [4.69, 9.17) is 0 Å². The molecule has 0 aromatic heterocycles. The van der Waals surface area contributed by atoms with Crippen molar-refractivity contribution in [2.75, 3.05) is 0 Å². The second-order valence-corrected chi connectivity index (χ2v) is 5.07. The van der Waals surface area contributed by atoms with Crippen LogP contribution < -0.4 is 0 Å². The van der Waals surface area contributed by atoms with Gasteiger partial charge in [0.15, 0.2) is 0 Å². The molecule has 0 heterocycles. The molecule has 0 radical (unpaired) electrons. The van der Waals surface area contributed by atoms with Crippen LogP contribution in [0, 0.1) is 11.6 Å². The molecule has 0 atom stereocenters. The van der Waals surface area contributed by atoms with Gasteiger partial charge in [-0.1, -0.05) is 12.1 Å². The summed E-state index contributed by atoms with van der Waals surface area (Å²) in [6.45, 7) is 0. The largest absolute Gasteiger partial charge is 0.419 e. The van der Waals surface area contributed by atoms with Crippen LogP contribution >= 0.6 is 0 Å². The Bertz CT molecular complexity index is 842. The first-order valence-corrected chi connectivity index (χ1v) is 6.98. The number of benzene rings is 2. The highest BCUT2D eigenvalue weighted by atomic mass is 19.4. The Kier molecular flexibility index (Phi) is 5.62. The van der Waals surface area contributed by atoms with Gasteiger partial charge in [-0.2, -0.15) is 26.3 Å². The van der Waals surface area contributed by atoms with Gasteiger partial charge in [0.05, 0.1) is 11.1 Å². The predicted octanol–water partition coefficient (Wildman–Crippen LogP) is 4.93. The molecule has 4 nitrogen and oxygen atoms in total. The van der Waals surface area contributed by atoms with Gasteiger partial charge in [0, 0.05) is 0 Å². The van der Waals surface area contributed by atoms with Gasteiger partial charge < -0.3 is 0 Å². The van der Waals surface area contributed by atoms with Crippen LogP contribution in [0.3, 0.4) is 0 Å². The zero-order valence-electron chi connectivity index (χ0n) is 13.1. The highest BCUT2D eigenvalue weighted by Gasteiger charge is 2.37. The third-order valence-corrected chi connectivity index (χ3v) is 3.24. The van der Waals surface area contributed by atoms with Gasteiger partial charge in [0.25, 0.3) is 0 Å². The lowest BCUT2D eigenvalue weighted by atomic mass is 10.1. The smallest absolute Gasteiger partial charge is 0.241 e. The highest BCUT2D eigenvalue weighted by Crippen LogP contribution is 2.33. The summed E-state index contributed by atoms with van der Waals surface area (Å²) in [6, 6.07) is 3.14. The van der Waals surface area contributed by atoms with Crippen LogP contribution in [0.1, 0.15) is 31.8 Å². The number of carbonyl (C=O) groups is 2. The lowest BCUT2D eigenvalue weighted by Gasteiger charge is -2.11. The van der Waals surface area contributed by atoms with E-state index in [2.05, 4.69) is 9.78 Å². The van der Waals surface area contributed by atoms with Gasteiger partial charge in [0.1, 0.15) is 22.8 Å². The number of carbonyl (C=O) groups excluding carboxylic acids is 2. The molecule has 0 spiro atoms. The highest BCUT2D eigenvalue weighted by molar-refractivity contribution is 5.92. The van der Waals surface area contributed by atoms with Crippen molar-refractivity contribution in [2.45, 2.75) is 12.4 Å². The fourth-order valence-electron chi connectivity index (χ4n) is 1.98. The Morgan fingerprint density at radius 2 is 0.964 bits per heavy atom. The lowest BCUT2D eigenvalue weighted by Crippen LogP contribution is -2.18. The molecule has 0 N–H and O–H groups in total. The quantitative estimate of drug-likeness (QED) is 0.397. The monoisotopic (exact) mass is 414 g/mol. The maximum Gasteiger partial charge on any atom is 0.419 e. The molecule has 2 rings (SSSR count). The molecule has 12 heteroatoms. The lowest BCUT2D eigenvalue weighted by molar-refractivity contribution is -0.188. The Labute approximate surface area is 150 Å². The second-order valence-electron chi connectivity index (χ2n) is 5.07. The molecule has 28 heavy (non-hydrogen) atoms. The van der Waals surface area contributed by atoms with Crippen molar-refractivity contribution in [1.29, 1.82) is 0 Å². The molecule has 0 unspecified atom stereocenters. The maximum atomic E-state index is 13.8. The summed E-state index contributed by atoms with van der Waals surface area (Å²) in [5, 5.41) is 0. The summed E-state index contributed by atoms with van der Waals surface area (Å²) < 4.78 is 103. The van der Waals surface area contributed by atoms with E-state index in [1.807, 2.05) is 0 Å². The average molecular weight is 414 g/mol. The zero-order valence-corrected chi connectivity index (χ0v) is 13.1. The van der Waals surface area contributed by atoms with Gasteiger partial charge in [-0.25, -0.2) is 28.1 Å². The number of hydrogen-bond donors (Lipinski definition) is 0. The average Bonchev–Trinajstić information content (AvgIpc) is 2.57. The molecule has 150 valence electrons. The fourth-order valence-corrected chi connectivity index (χ4v) is 1.98. The maximum absolute atomic E-state index is 13.8. The molecular weight excluding hydrogens is 408 g/mol. The minimum absolute atomic E-state index is 0.329. The van der Waals surface area contributed by atoms with Crippen LogP contribution in [-0.4, -0.2) is 11.9 Å². The van der Waals surface area contributed by atoms with Gasteiger partial charge >= 0.3 is 24.3 Å². The first-order valence-electron chi connectivity index (χ1n) is 6.98. The van der Waals surface area contributed by atoms with Crippen molar-refractivity contribution in [3.63, 3.8) is 0 Å². The minimum Gasteiger partial charge on any atom is -0.241 e. The molecule has 2 aromatic rings. The second kappa shape index (κ2) is 7.44. The predicted molar refractivity (Wildman–Crippen MR) is 73.6 cm³/mol. The van der Waals surface area contributed by atoms with E-state index in [0.717, 1.165) is 0 Å². The molecule has 2 aromatic carbocycles. The van der Waals surface area contributed by atoms with Crippen LogP contribution in [-0.2, 0) is 22.1 Å². The van der Waals surface area contributed by atoms with Crippen LogP contribution in [0.4, 0.5) is 35.1 Å². The Balaban J connectivity index is 2.20. The SMILES string of the molecule is O=C(OOC(=O)c1cccc(C(F)(F)F)c1F)c1cccc(C(F)(F)F)c1F. The van der Waals surface area contributed by atoms with Crippen molar-refractivity contribution in [3.8, 4) is 0 Å². The van der Waals surface area contributed by atoms with E-state index in [-0.39, 0.29) is 0 Å². The molecule has 0 amide bonds. The molecule has 0 saturated heterocycles. The van der Waals surface area contributed by atoms with Gasteiger partial charge in [-0.3, -0.25) is 0 Å². The van der Waals surface area contributed by atoms with Crippen molar-refractivity contribution < 1.29 is 54.5 Å². The Morgan fingerprint density at radius 1 is 0.643 bits per heavy atom. The zero-order chi connectivity index (χ0) is 21.3. The first-order chi connectivity index (χ1) is 12.8. The standard InChI is InChI=1S/C16H6F8O4/c17-11-7(3-1-5-9(11)15(19,20)21)13(25)27-28-14(26)8-4-2-6-10(12(8)18)16(22,23)24/h1-6H. The van der Waals surface area contributed by atoms with Crippen molar-refractivity contribution >= 4 is 11.9 Å². The molecule has 0 aliphatic carbocycles. The summed E-state index contributed by atoms with van der Waals surface area (Å²) in [7, 11) is 0. The van der Waals surface area contributed by atoms with Crippen molar-refractivity contribution in [2.24, 2.45) is 0 Å². The van der Waals surface area contributed by atoms with E-state index in [1.165, 1.54) is 0 Å². The summed E-state index contributed by atoms with van der Waals surface area (Å²) in [4.78, 5) is 30.9. The molecule has 0 aliphatic rings. The van der Waals surface area contributed by atoms with E-state index in [9.17, 15) is 44.7 Å². The number of hydrogen-bond acceptors (Lipinski definition) is 4. The summed E-state index contributed by atoms with van der Waals surface area (Å²) >= 11 is 0. The molecule has 0 bridgehead atoms. The third-order valence-electron chi connectivity index (χ3n) is 3.24. The molecular formula is C16H6F8O4. The van der Waals surface area contributed by atoms with Gasteiger partial charge in [-0.05, 0) is 24.3 Å². The van der Waals surface area contributed by atoms with E-state index >= 15 is 0 Å². The fraction of sp³-hybridized carbons (Fsp3) is 0.125. The van der Waals surface area contributed by atoms with Crippen LogP contribution in [0.5, 0.6) is 0 Å². The van der Waals surface area contributed by atoms with E-state index < -0.39 is 58.2 Å². The van der Waals surface area contributed by atoms with E-state index in [1.54, 1.807) is 0 Å². The van der Waals surface area contributed by atoms with Crippen LogP contribution in [0.25, 0.3) is 0 Å². The van der Waals surface area contributed by atoms with Crippen LogP contribution in [0.15, 0.2) is 36.4 Å². The number of rotatable bonds is 2. The Hall–Kier alpha value is -3.18. The summed E-state index contributed by atoms with van der Waals surface area (Å²) in [5.74, 6) is -7.85. The minimum atomic E-state index is -5.14. The number of halogens is 8. The molecule has 0 aliphatic heterocycles.